The van der Waals surface area contributed by atoms with Crippen LogP contribution in [0.4, 0.5) is 0 Å². The normalized spacial score (nSPS) is 19.1. The Morgan fingerprint density at radius 3 is 2.17 bits per heavy atom. The summed E-state index contributed by atoms with van der Waals surface area (Å²) in [7, 11) is 0. The summed E-state index contributed by atoms with van der Waals surface area (Å²) < 4.78 is 4.75. The lowest BCUT2D eigenvalue weighted by atomic mass is 10.3. The van der Waals surface area contributed by atoms with Crippen LogP contribution in [0.1, 0.15) is 6.92 Å². The first-order valence-corrected chi connectivity index (χ1v) is 3.65. The second-order valence-corrected chi connectivity index (χ2v) is 2.76. The Kier molecular flexibility index (Phi) is 2.25. The lowest BCUT2D eigenvalue weighted by Gasteiger charge is -2.18. The van der Waals surface area contributed by atoms with E-state index in [4.69, 9.17) is 27.9 Å². The number of carbonyl (C=O) groups is 2. The van der Waals surface area contributed by atoms with E-state index in [0.717, 1.165) is 0 Å². The van der Waals surface area contributed by atoms with Crippen molar-refractivity contribution in [2.45, 2.75) is 12.6 Å². The van der Waals surface area contributed by atoms with E-state index in [-0.39, 0.29) is 5.90 Å². The van der Waals surface area contributed by atoms with Crippen LogP contribution in [0.25, 0.3) is 0 Å². The van der Waals surface area contributed by atoms with Crippen LogP contribution in [0.5, 0.6) is 0 Å². The molecule has 7 heteroatoms. The molecule has 0 spiro atoms. The van der Waals surface area contributed by atoms with E-state index >= 15 is 0 Å². The molecule has 0 saturated carbocycles. The van der Waals surface area contributed by atoms with Crippen molar-refractivity contribution in [3.05, 3.63) is 0 Å². The van der Waals surface area contributed by atoms with Gasteiger partial charge >= 0.3 is 5.72 Å². The van der Waals surface area contributed by atoms with Crippen molar-refractivity contribution < 1.29 is 14.3 Å². The van der Waals surface area contributed by atoms with Crippen molar-refractivity contribution in [2.24, 2.45) is 5.10 Å². The number of hydrogen-bond acceptors (Lipinski definition) is 5. The fourth-order valence-corrected chi connectivity index (χ4v) is 1.05. The molecule has 1 rings (SSSR count). The zero-order chi connectivity index (χ0) is 9.35. The van der Waals surface area contributed by atoms with Crippen LogP contribution < -0.4 is 5.43 Å². The number of rotatable bonds is 2. The Morgan fingerprint density at radius 1 is 1.50 bits per heavy atom. The molecule has 66 valence electrons. The number of nitrogens with one attached hydrogen (secondary N) is 1. The minimum atomic E-state index is -2.03. The summed E-state index contributed by atoms with van der Waals surface area (Å²) in [6.45, 7) is 1.45. The Morgan fingerprint density at radius 2 is 2.00 bits per heavy atom. The van der Waals surface area contributed by atoms with E-state index in [1.165, 1.54) is 6.92 Å². The van der Waals surface area contributed by atoms with Gasteiger partial charge in [0.1, 0.15) is 0 Å². The summed E-state index contributed by atoms with van der Waals surface area (Å²) in [6, 6.07) is 0. The summed E-state index contributed by atoms with van der Waals surface area (Å²) in [5.74, 6) is 0.123. The molecule has 0 aromatic rings. The molecule has 12 heavy (non-hydrogen) atoms. The zero-order valence-corrected chi connectivity index (χ0v) is 7.44. The van der Waals surface area contributed by atoms with Gasteiger partial charge in [-0.3, -0.25) is 15.0 Å². The lowest BCUT2D eigenvalue weighted by Crippen LogP contribution is -2.52. The Balaban J connectivity index is 2.94. The van der Waals surface area contributed by atoms with E-state index in [1.54, 1.807) is 0 Å². The van der Waals surface area contributed by atoms with Gasteiger partial charge in [0.05, 0.1) is 0 Å². The summed E-state index contributed by atoms with van der Waals surface area (Å²) in [6.07, 6.45) is 0. The van der Waals surface area contributed by atoms with Crippen molar-refractivity contribution in [1.29, 1.82) is 0 Å². The van der Waals surface area contributed by atoms with Crippen molar-refractivity contribution in [2.75, 3.05) is 0 Å². The minimum absolute atomic E-state index is 0.123. The van der Waals surface area contributed by atoms with Crippen molar-refractivity contribution in [3.8, 4) is 0 Å². The van der Waals surface area contributed by atoms with Crippen LogP contribution in [0.15, 0.2) is 5.10 Å². The highest BCUT2D eigenvalue weighted by atomic mass is 35.5. The highest BCUT2D eigenvalue weighted by Crippen LogP contribution is 2.20. The first-order chi connectivity index (χ1) is 5.49. The molecule has 0 aliphatic carbocycles. The largest absolute Gasteiger partial charge is 0.436 e. The van der Waals surface area contributed by atoms with E-state index in [9.17, 15) is 9.59 Å². The molecule has 0 aromatic heterocycles. The molecule has 0 amide bonds. The van der Waals surface area contributed by atoms with Crippen molar-refractivity contribution >= 4 is 39.6 Å². The zero-order valence-electron chi connectivity index (χ0n) is 5.93. The molecule has 0 aromatic carbocycles. The van der Waals surface area contributed by atoms with Crippen molar-refractivity contribution in [1.82, 2.24) is 5.43 Å². The van der Waals surface area contributed by atoms with Gasteiger partial charge in [-0.15, -0.1) is 5.10 Å². The molecule has 0 atom stereocenters. The molecule has 0 unspecified atom stereocenters. The van der Waals surface area contributed by atoms with E-state index < -0.39 is 16.2 Å². The summed E-state index contributed by atoms with van der Waals surface area (Å²) >= 11 is 10.2. The Labute approximate surface area is 77.7 Å². The number of nitrogens with zero attached hydrogens (tertiary/aromatic N) is 1. The summed E-state index contributed by atoms with van der Waals surface area (Å²) in [5, 5.41) is 1.36. The van der Waals surface area contributed by atoms with Crippen LogP contribution in [-0.4, -0.2) is 22.1 Å². The van der Waals surface area contributed by atoms with Crippen LogP contribution in [0.2, 0.25) is 0 Å². The smallest absolute Gasteiger partial charge is 0.346 e. The Hall–Kier alpha value is -0.810. The number of halogens is 2. The van der Waals surface area contributed by atoms with Crippen LogP contribution in [0.3, 0.4) is 0 Å². The SMILES string of the molecule is CC1=NNC(C(=O)Cl)(C(=O)Cl)O1. The highest BCUT2D eigenvalue weighted by Gasteiger charge is 2.50. The second-order valence-electron chi connectivity index (χ2n) is 2.07. The average Bonchev–Trinajstić information content (AvgIpc) is 2.32. The van der Waals surface area contributed by atoms with Gasteiger partial charge in [-0.2, -0.15) is 0 Å². The van der Waals surface area contributed by atoms with Gasteiger partial charge in [0, 0.05) is 6.92 Å². The predicted molar refractivity (Wildman–Crippen MR) is 41.8 cm³/mol. The summed E-state index contributed by atoms with van der Waals surface area (Å²) in [5.41, 5.74) is 0.0870. The number of hydrogen-bond donors (Lipinski definition) is 1. The van der Waals surface area contributed by atoms with Gasteiger partial charge in [-0.25, -0.2) is 0 Å². The second kappa shape index (κ2) is 2.91. The number of ether oxygens (including phenoxy) is 1. The lowest BCUT2D eigenvalue weighted by molar-refractivity contribution is -0.140. The van der Waals surface area contributed by atoms with Gasteiger partial charge in [-0.05, 0) is 23.2 Å². The maximum Gasteiger partial charge on any atom is 0.346 e. The van der Waals surface area contributed by atoms with Gasteiger partial charge in [-0.1, -0.05) is 0 Å². The standard InChI is InChI=1S/C5H4Cl2N2O3/c1-2-8-9-5(12-2,3(6)10)4(7)11/h9H,1H3. The van der Waals surface area contributed by atoms with E-state index in [1.807, 2.05) is 0 Å². The van der Waals surface area contributed by atoms with Crippen molar-refractivity contribution in [3.63, 3.8) is 0 Å². The molecule has 0 bridgehead atoms. The molecule has 1 aliphatic heterocycles. The fourth-order valence-electron chi connectivity index (χ4n) is 0.670. The predicted octanol–water partition coefficient (Wildman–Crippen LogP) is 0.167. The van der Waals surface area contributed by atoms with E-state index in [2.05, 4.69) is 10.5 Å². The molecule has 5 nitrogen and oxygen atoms in total. The van der Waals surface area contributed by atoms with Gasteiger partial charge in [0.25, 0.3) is 10.5 Å². The molecule has 1 N–H and O–H groups in total. The van der Waals surface area contributed by atoms with E-state index in [0.29, 0.717) is 0 Å². The Bertz CT molecular complexity index is 262. The molecule has 0 fully saturated rings. The van der Waals surface area contributed by atoms with Crippen LogP contribution >= 0.6 is 23.2 Å². The fraction of sp³-hybridized carbons (Fsp3) is 0.400. The molecular formula is C5H4Cl2N2O3. The number of hydrazone groups is 1. The van der Waals surface area contributed by atoms with Gasteiger partial charge < -0.3 is 4.74 Å². The third-order valence-corrected chi connectivity index (χ3v) is 1.76. The quantitative estimate of drug-likeness (QED) is 0.522. The molecule has 1 heterocycles. The number of carbonyl (C=O) groups excluding carboxylic acids is 2. The monoisotopic (exact) mass is 210 g/mol. The van der Waals surface area contributed by atoms with Gasteiger partial charge in [0.15, 0.2) is 0 Å². The van der Waals surface area contributed by atoms with Crippen LogP contribution in [-0.2, 0) is 14.3 Å². The third kappa shape index (κ3) is 1.25. The third-order valence-electron chi connectivity index (χ3n) is 1.23. The average molecular weight is 211 g/mol. The molecule has 0 radical (unpaired) electrons. The first-order valence-electron chi connectivity index (χ1n) is 2.89. The summed E-state index contributed by atoms with van der Waals surface area (Å²) in [4.78, 5) is 21.5. The molecule has 0 saturated heterocycles. The maximum absolute atomic E-state index is 10.8. The maximum atomic E-state index is 10.8. The van der Waals surface area contributed by atoms with Crippen LogP contribution in [0, 0.1) is 0 Å². The van der Waals surface area contributed by atoms with Gasteiger partial charge in [0.2, 0.25) is 5.90 Å². The molecular weight excluding hydrogens is 207 g/mol. The topological polar surface area (TPSA) is 67.8 Å². The highest BCUT2D eigenvalue weighted by molar-refractivity contribution is 6.76. The minimum Gasteiger partial charge on any atom is -0.436 e. The first kappa shape index (κ1) is 9.28. The molecule has 1 aliphatic rings.